The van der Waals surface area contributed by atoms with E-state index in [1.54, 1.807) is 15.9 Å². The van der Waals surface area contributed by atoms with Gasteiger partial charge < -0.3 is 4.98 Å². The van der Waals surface area contributed by atoms with Crippen molar-refractivity contribution in [2.75, 3.05) is 0 Å². The topological polar surface area (TPSA) is 37.8 Å². The SMILES string of the molecule is Cc1sc2[nH]c(=S)n(C3(C)CCC3)c(=O)c2c1C. The van der Waals surface area contributed by atoms with Gasteiger partial charge in [0.1, 0.15) is 4.83 Å². The van der Waals surface area contributed by atoms with E-state index in [1.165, 1.54) is 11.3 Å². The van der Waals surface area contributed by atoms with Crippen molar-refractivity contribution in [3.8, 4) is 0 Å². The summed E-state index contributed by atoms with van der Waals surface area (Å²) in [4.78, 5) is 18.0. The number of nitrogens with one attached hydrogen (secondary N) is 1. The number of thiophene rings is 1. The fourth-order valence-corrected chi connectivity index (χ4v) is 4.25. The Morgan fingerprint density at radius 1 is 1.39 bits per heavy atom. The second-order valence-corrected chi connectivity index (χ2v) is 7.02. The first kappa shape index (κ1) is 12.1. The Morgan fingerprint density at radius 2 is 2.06 bits per heavy atom. The van der Waals surface area contributed by atoms with Crippen LogP contribution in [0.3, 0.4) is 0 Å². The predicted octanol–water partition coefficient (Wildman–Crippen LogP) is 3.64. The second kappa shape index (κ2) is 3.78. The highest BCUT2D eigenvalue weighted by atomic mass is 32.1. The van der Waals surface area contributed by atoms with Gasteiger partial charge in [-0.3, -0.25) is 9.36 Å². The number of aromatic nitrogens is 2. The minimum Gasteiger partial charge on any atom is -0.323 e. The lowest BCUT2D eigenvalue weighted by Crippen LogP contribution is -2.44. The summed E-state index contributed by atoms with van der Waals surface area (Å²) in [6, 6.07) is 0. The maximum atomic E-state index is 12.7. The zero-order chi connectivity index (χ0) is 13.1. The summed E-state index contributed by atoms with van der Waals surface area (Å²) < 4.78 is 2.36. The Balaban J connectivity index is 2.44. The number of fused-ring (bicyclic) bond motifs is 1. The molecule has 0 spiro atoms. The van der Waals surface area contributed by atoms with Crippen LogP contribution >= 0.6 is 23.6 Å². The van der Waals surface area contributed by atoms with Crippen LogP contribution in [0.5, 0.6) is 0 Å². The molecule has 1 N–H and O–H groups in total. The first-order chi connectivity index (χ1) is 8.44. The van der Waals surface area contributed by atoms with E-state index in [9.17, 15) is 4.79 Å². The maximum absolute atomic E-state index is 12.7. The van der Waals surface area contributed by atoms with Gasteiger partial charge in [-0.2, -0.15) is 0 Å². The summed E-state index contributed by atoms with van der Waals surface area (Å²) in [7, 11) is 0. The first-order valence-electron chi connectivity index (χ1n) is 6.19. The number of hydrogen-bond acceptors (Lipinski definition) is 3. The number of nitrogens with zero attached hydrogens (tertiary/aromatic N) is 1. The molecule has 1 aliphatic carbocycles. The molecule has 0 bridgehead atoms. The standard InChI is InChI=1S/C13H16N2OS2/c1-7-8(2)18-10-9(7)11(16)15(12(17)14-10)13(3)5-4-6-13/h4-6H2,1-3H3,(H,14,17). The largest absolute Gasteiger partial charge is 0.323 e. The Hall–Kier alpha value is -0.940. The molecule has 18 heavy (non-hydrogen) atoms. The number of rotatable bonds is 1. The Bertz CT molecular complexity index is 747. The van der Waals surface area contributed by atoms with E-state index in [0.717, 1.165) is 28.6 Å². The fraction of sp³-hybridized carbons (Fsp3) is 0.538. The van der Waals surface area contributed by atoms with Gasteiger partial charge in [0.2, 0.25) is 0 Å². The van der Waals surface area contributed by atoms with Crippen molar-refractivity contribution in [2.24, 2.45) is 0 Å². The number of aryl methyl sites for hydroxylation is 2. The number of aromatic amines is 1. The summed E-state index contributed by atoms with van der Waals surface area (Å²) in [6.45, 7) is 6.19. The van der Waals surface area contributed by atoms with Crippen LogP contribution in [0.4, 0.5) is 0 Å². The molecule has 1 aliphatic rings. The molecule has 3 rings (SSSR count). The molecule has 0 unspecified atom stereocenters. The molecule has 0 aromatic carbocycles. The molecule has 3 nitrogen and oxygen atoms in total. The normalized spacial score (nSPS) is 17.9. The van der Waals surface area contributed by atoms with Crippen molar-refractivity contribution in [3.63, 3.8) is 0 Å². The first-order valence-corrected chi connectivity index (χ1v) is 7.42. The highest BCUT2D eigenvalue weighted by molar-refractivity contribution is 7.71. The molecule has 5 heteroatoms. The highest BCUT2D eigenvalue weighted by Gasteiger charge is 2.36. The van der Waals surface area contributed by atoms with E-state index in [2.05, 4.69) is 11.9 Å². The Morgan fingerprint density at radius 3 is 2.61 bits per heavy atom. The summed E-state index contributed by atoms with van der Waals surface area (Å²) in [5, 5.41) is 0.819. The average Bonchev–Trinajstić information content (AvgIpc) is 2.52. The fourth-order valence-electron chi connectivity index (χ4n) is 2.73. The molecular formula is C13H16N2OS2. The van der Waals surface area contributed by atoms with Crippen molar-refractivity contribution in [1.29, 1.82) is 0 Å². The van der Waals surface area contributed by atoms with E-state index in [-0.39, 0.29) is 11.1 Å². The molecule has 2 aromatic heterocycles. The summed E-state index contributed by atoms with van der Waals surface area (Å²) in [5.41, 5.74) is 1.09. The lowest BCUT2D eigenvalue weighted by molar-refractivity contribution is 0.160. The monoisotopic (exact) mass is 280 g/mol. The van der Waals surface area contributed by atoms with Gasteiger partial charge in [0.05, 0.1) is 5.39 Å². The Kier molecular flexibility index (Phi) is 2.54. The van der Waals surface area contributed by atoms with Crippen LogP contribution in [0, 0.1) is 18.6 Å². The van der Waals surface area contributed by atoms with Crippen LogP contribution in [0.1, 0.15) is 36.6 Å². The van der Waals surface area contributed by atoms with Gasteiger partial charge in [-0.25, -0.2) is 0 Å². The molecule has 1 saturated carbocycles. The van der Waals surface area contributed by atoms with Gasteiger partial charge in [-0.1, -0.05) is 0 Å². The number of H-pyrrole nitrogens is 1. The van der Waals surface area contributed by atoms with Crippen LogP contribution in [0.25, 0.3) is 10.2 Å². The van der Waals surface area contributed by atoms with E-state index in [4.69, 9.17) is 12.2 Å². The third-order valence-electron chi connectivity index (χ3n) is 4.20. The minimum absolute atomic E-state index is 0.0813. The van der Waals surface area contributed by atoms with E-state index >= 15 is 0 Å². The molecule has 0 amide bonds. The highest BCUT2D eigenvalue weighted by Crippen LogP contribution is 2.38. The smallest absolute Gasteiger partial charge is 0.263 e. The van der Waals surface area contributed by atoms with Crippen LogP contribution in [0.15, 0.2) is 4.79 Å². The van der Waals surface area contributed by atoms with Crippen molar-refractivity contribution in [2.45, 2.75) is 45.6 Å². The molecule has 0 atom stereocenters. The molecule has 96 valence electrons. The zero-order valence-electron chi connectivity index (χ0n) is 10.8. The van der Waals surface area contributed by atoms with Gasteiger partial charge in [0.15, 0.2) is 4.77 Å². The third kappa shape index (κ3) is 1.47. The van der Waals surface area contributed by atoms with Gasteiger partial charge in [0, 0.05) is 10.4 Å². The van der Waals surface area contributed by atoms with Crippen molar-refractivity contribution >= 4 is 33.8 Å². The average molecular weight is 280 g/mol. The molecule has 0 radical (unpaired) electrons. The predicted molar refractivity (Wildman–Crippen MR) is 78.2 cm³/mol. The van der Waals surface area contributed by atoms with Gasteiger partial charge >= 0.3 is 0 Å². The zero-order valence-corrected chi connectivity index (χ0v) is 12.4. The summed E-state index contributed by atoms with van der Waals surface area (Å²) in [6.07, 6.45) is 3.26. The maximum Gasteiger partial charge on any atom is 0.263 e. The van der Waals surface area contributed by atoms with E-state index < -0.39 is 0 Å². The van der Waals surface area contributed by atoms with Crippen LogP contribution in [0.2, 0.25) is 0 Å². The number of hydrogen-bond donors (Lipinski definition) is 1. The van der Waals surface area contributed by atoms with Gasteiger partial charge in [0.25, 0.3) is 5.56 Å². The summed E-state index contributed by atoms with van der Waals surface area (Å²) in [5.74, 6) is 0. The molecule has 2 aromatic rings. The quantitative estimate of drug-likeness (QED) is 0.810. The van der Waals surface area contributed by atoms with Crippen molar-refractivity contribution in [1.82, 2.24) is 9.55 Å². The van der Waals surface area contributed by atoms with Crippen LogP contribution < -0.4 is 5.56 Å². The Labute approximate surface area is 114 Å². The van der Waals surface area contributed by atoms with Crippen molar-refractivity contribution < 1.29 is 0 Å². The molecule has 0 saturated heterocycles. The molecular weight excluding hydrogens is 264 g/mol. The van der Waals surface area contributed by atoms with Gasteiger partial charge in [-0.15, -0.1) is 11.3 Å². The third-order valence-corrected chi connectivity index (χ3v) is 5.60. The van der Waals surface area contributed by atoms with E-state index in [1.807, 2.05) is 13.8 Å². The van der Waals surface area contributed by atoms with E-state index in [0.29, 0.717) is 4.77 Å². The molecule has 2 heterocycles. The lowest BCUT2D eigenvalue weighted by atomic mass is 9.78. The molecule has 0 aliphatic heterocycles. The minimum atomic E-state index is -0.0822. The van der Waals surface area contributed by atoms with Crippen LogP contribution in [-0.4, -0.2) is 9.55 Å². The second-order valence-electron chi connectivity index (χ2n) is 5.41. The molecule has 1 fully saturated rings. The van der Waals surface area contributed by atoms with Gasteiger partial charge in [-0.05, 0) is 57.8 Å². The lowest BCUT2D eigenvalue weighted by Gasteiger charge is -2.39. The van der Waals surface area contributed by atoms with Crippen molar-refractivity contribution in [3.05, 3.63) is 25.6 Å². The summed E-state index contributed by atoms with van der Waals surface area (Å²) >= 11 is 7.00. The van der Waals surface area contributed by atoms with Crippen LogP contribution in [-0.2, 0) is 5.54 Å².